The van der Waals surface area contributed by atoms with Gasteiger partial charge in [-0.3, -0.25) is 4.79 Å². The number of fused-ring (bicyclic) bond motifs is 3. The molecule has 1 aromatic heterocycles. The maximum Gasteiger partial charge on any atom is 0.573 e. The first-order valence-corrected chi connectivity index (χ1v) is 9.13. The smallest absolute Gasteiger partial charge is 0.405 e. The molecule has 0 saturated heterocycles. The van der Waals surface area contributed by atoms with Crippen molar-refractivity contribution in [3.05, 3.63) is 77.4 Å². The molecule has 1 radical (unpaired) electrons. The molecule has 10 heteroatoms. The molecule has 0 aliphatic heterocycles. The Morgan fingerprint density at radius 1 is 1.00 bits per heavy atom. The van der Waals surface area contributed by atoms with E-state index in [1.807, 2.05) is 0 Å². The van der Waals surface area contributed by atoms with Crippen LogP contribution in [0.5, 0.6) is 5.75 Å². The zero-order valence-electron chi connectivity index (χ0n) is 16.0. The van der Waals surface area contributed by atoms with Crippen molar-refractivity contribution in [2.24, 2.45) is 5.73 Å². The first-order valence-electron chi connectivity index (χ1n) is 9.13. The van der Waals surface area contributed by atoms with Gasteiger partial charge in [-0.15, -0.1) is 13.2 Å². The van der Waals surface area contributed by atoms with Crippen LogP contribution < -0.4 is 10.5 Å². The van der Waals surface area contributed by atoms with Crippen molar-refractivity contribution in [3.8, 4) is 5.75 Å². The van der Waals surface area contributed by atoms with Crippen LogP contribution in [0.25, 0.3) is 21.8 Å². The molecule has 4 nitrogen and oxygen atoms in total. The van der Waals surface area contributed by atoms with Crippen molar-refractivity contribution in [1.29, 1.82) is 0 Å². The van der Waals surface area contributed by atoms with Gasteiger partial charge in [0, 0.05) is 21.9 Å². The van der Waals surface area contributed by atoms with Gasteiger partial charge in [-0.1, -0.05) is 24.3 Å². The Morgan fingerprint density at radius 3 is 2.38 bits per heavy atom. The number of amides is 1. The summed E-state index contributed by atoms with van der Waals surface area (Å²) in [5.74, 6) is -1.29. The van der Waals surface area contributed by atoms with Crippen LogP contribution in [0.2, 0.25) is 0 Å². The van der Waals surface area contributed by atoms with Crippen molar-refractivity contribution in [3.63, 3.8) is 0 Å². The molecule has 0 unspecified atom stereocenters. The highest BCUT2D eigenvalue weighted by molar-refractivity contribution is 6.17. The van der Waals surface area contributed by atoms with E-state index in [0.29, 0.717) is 5.52 Å². The summed E-state index contributed by atoms with van der Waals surface area (Å²) in [7, 11) is 0. The number of benzene rings is 3. The highest BCUT2D eigenvalue weighted by Gasteiger charge is 2.33. The largest absolute Gasteiger partial charge is 0.573 e. The van der Waals surface area contributed by atoms with Crippen molar-refractivity contribution >= 4 is 27.7 Å². The Labute approximate surface area is 176 Å². The number of carbonyl (C=O) groups is 1. The normalized spacial score (nSPS) is 12.4. The third-order valence-electron chi connectivity index (χ3n) is 4.91. The molecule has 0 atom stereocenters. The van der Waals surface area contributed by atoms with E-state index in [4.69, 9.17) is 5.73 Å². The van der Waals surface area contributed by atoms with Gasteiger partial charge in [0.05, 0.1) is 23.1 Å². The second-order valence-electron chi connectivity index (χ2n) is 6.95. The van der Waals surface area contributed by atoms with Crippen LogP contribution >= 0.6 is 0 Å². The standard InChI is InChI=1S/C22H13F6N2O2/c23-21(24,25)13-8-9-14-17(10-13)30(16-6-3-5-15(19(14)16)20(29)31)11-12-4-1-2-7-18(12)32-22(26,27)28/h1-8,10H,11H2,(H2,29,31). The van der Waals surface area contributed by atoms with E-state index in [9.17, 15) is 31.1 Å². The summed E-state index contributed by atoms with van der Waals surface area (Å²) in [6.07, 6.45) is -9.62. The van der Waals surface area contributed by atoms with Crippen molar-refractivity contribution in [1.82, 2.24) is 4.57 Å². The minimum atomic E-state index is -4.95. The van der Waals surface area contributed by atoms with Gasteiger partial charge in [0.2, 0.25) is 5.91 Å². The number of carbonyl (C=O) groups excluding carboxylic acids is 1. The van der Waals surface area contributed by atoms with Crippen LogP contribution in [0.3, 0.4) is 0 Å². The highest BCUT2D eigenvalue weighted by atomic mass is 19.4. The fourth-order valence-corrected chi connectivity index (χ4v) is 3.62. The lowest BCUT2D eigenvalue weighted by atomic mass is 10.0. The Balaban J connectivity index is 2.00. The van der Waals surface area contributed by atoms with Gasteiger partial charge in [-0.2, -0.15) is 13.2 Å². The van der Waals surface area contributed by atoms with Gasteiger partial charge in [0.1, 0.15) is 5.75 Å². The summed E-state index contributed by atoms with van der Waals surface area (Å²) in [6, 6.07) is 13.9. The summed E-state index contributed by atoms with van der Waals surface area (Å²) in [5, 5.41) is 0.453. The lowest BCUT2D eigenvalue weighted by Crippen LogP contribution is -2.18. The molecular formula is C22H13F6N2O2. The van der Waals surface area contributed by atoms with Gasteiger partial charge >= 0.3 is 12.5 Å². The topological polar surface area (TPSA) is 57.2 Å². The molecule has 3 aromatic carbocycles. The van der Waals surface area contributed by atoms with Crippen molar-refractivity contribution in [2.45, 2.75) is 19.1 Å². The number of aromatic nitrogens is 1. The molecule has 0 saturated carbocycles. The van der Waals surface area contributed by atoms with E-state index in [1.165, 1.54) is 41.0 Å². The fourth-order valence-electron chi connectivity index (χ4n) is 3.62. The zero-order chi connectivity index (χ0) is 23.3. The van der Waals surface area contributed by atoms with E-state index < -0.39 is 29.8 Å². The predicted molar refractivity (Wildman–Crippen MR) is 104 cm³/mol. The average Bonchev–Trinajstić information content (AvgIpc) is 3.01. The van der Waals surface area contributed by atoms with Crippen LogP contribution in [0.4, 0.5) is 26.3 Å². The van der Waals surface area contributed by atoms with Crippen LogP contribution in [-0.2, 0) is 12.7 Å². The maximum atomic E-state index is 13.3. The van der Waals surface area contributed by atoms with Crippen LogP contribution in [0.15, 0.2) is 54.6 Å². The van der Waals surface area contributed by atoms with Gasteiger partial charge in [-0.05, 0) is 36.4 Å². The van der Waals surface area contributed by atoms with E-state index in [1.54, 1.807) is 0 Å². The maximum absolute atomic E-state index is 13.3. The van der Waals surface area contributed by atoms with Gasteiger partial charge < -0.3 is 15.0 Å². The molecule has 0 spiro atoms. The quantitative estimate of drug-likeness (QED) is 0.407. The molecule has 0 aliphatic rings. The van der Waals surface area contributed by atoms with E-state index in [0.717, 1.165) is 18.2 Å². The molecule has 0 bridgehead atoms. The Kier molecular flexibility index (Phi) is 5.03. The molecule has 32 heavy (non-hydrogen) atoms. The second kappa shape index (κ2) is 7.47. The second-order valence-corrected chi connectivity index (χ2v) is 6.95. The first-order chi connectivity index (χ1) is 15.0. The van der Waals surface area contributed by atoms with Crippen LogP contribution in [0, 0.1) is 6.07 Å². The zero-order valence-corrected chi connectivity index (χ0v) is 16.0. The average molecular weight is 451 g/mol. The third-order valence-corrected chi connectivity index (χ3v) is 4.91. The van der Waals surface area contributed by atoms with Gasteiger partial charge in [0.25, 0.3) is 0 Å². The Morgan fingerprint density at radius 2 is 1.72 bits per heavy atom. The number of hydrogen-bond acceptors (Lipinski definition) is 2. The number of hydrogen-bond donors (Lipinski definition) is 1. The first kappa shape index (κ1) is 21.5. The van der Waals surface area contributed by atoms with E-state index in [-0.39, 0.29) is 34.0 Å². The number of para-hydroxylation sites is 1. The summed E-state index contributed by atoms with van der Waals surface area (Å²) in [5.41, 5.74) is 4.93. The molecule has 0 aliphatic carbocycles. The summed E-state index contributed by atoms with van der Waals surface area (Å²) >= 11 is 0. The summed E-state index contributed by atoms with van der Waals surface area (Å²) in [6.45, 7) is -0.260. The number of alkyl halides is 6. The van der Waals surface area contributed by atoms with Crippen LogP contribution in [-0.4, -0.2) is 16.8 Å². The van der Waals surface area contributed by atoms with Crippen molar-refractivity contribution < 1.29 is 35.9 Å². The monoisotopic (exact) mass is 451 g/mol. The Bertz CT molecular complexity index is 1340. The van der Waals surface area contributed by atoms with Gasteiger partial charge in [0.15, 0.2) is 0 Å². The van der Waals surface area contributed by atoms with Crippen molar-refractivity contribution in [2.75, 3.05) is 0 Å². The predicted octanol–water partition coefficient (Wildman–Crippen LogP) is 5.66. The highest BCUT2D eigenvalue weighted by Crippen LogP contribution is 2.37. The van der Waals surface area contributed by atoms with Crippen LogP contribution in [0.1, 0.15) is 21.5 Å². The number of ether oxygens (including phenoxy) is 1. The minimum absolute atomic E-state index is 0.0327. The number of nitrogens with zero attached hydrogens (tertiary/aromatic N) is 1. The fraction of sp³-hybridized carbons (Fsp3) is 0.136. The molecule has 165 valence electrons. The minimum Gasteiger partial charge on any atom is -0.405 e. The summed E-state index contributed by atoms with van der Waals surface area (Å²) in [4.78, 5) is 11.9. The third kappa shape index (κ3) is 3.95. The lowest BCUT2D eigenvalue weighted by molar-refractivity contribution is -0.274. The number of halogens is 6. The molecule has 1 heterocycles. The SMILES string of the molecule is NC(=O)c1cccc2c1c1[c]cc(C(F)(F)F)cc1n2Cc1ccccc1OC(F)(F)F. The molecule has 0 fully saturated rings. The Hall–Kier alpha value is -3.69. The summed E-state index contributed by atoms with van der Waals surface area (Å²) < 4.78 is 83.9. The molecule has 4 aromatic rings. The lowest BCUT2D eigenvalue weighted by Gasteiger charge is -2.15. The number of nitrogens with two attached hydrogens (primary N) is 1. The number of rotatable bonds is 4. The van der Waals surface area contributed by atoms with E-state index in [2.05, 4.69) is 10.8 Å². The molecular weight excluding hydrogens is 438 g/mol. The molecule has 4 rings (SSSR count). The van der Waals surface area contributed by atoms with Gasteiger partial charge in [-0.25, -0.2) is 0 Å². The molecule has 1 amide bonds. The number of primary amides is 1. The van der Waals surface area contributed by atoms with E-state index >= 15 is 0 Å². The molecule has 2 N–H and O–H groups in total.